The van der Waals surface area contributed by atoms with Crippen molar-refractivity contribution < 1.29 is 4.39 Å². The first-order valence-electron chi connectivity index (χ1n) is 6.84. The van der Waals surface area contributed by atoms with Gasteiger partial charge in [-0.1, -0.05) is 38.4 Å². The molecule has 0 amide bonds. The fraction of sp³-hybridized carbons (Fsp3) is 0.600. The summed E-state index contributed by atoms with van der Waals surface area (Å²) in [6, 6.07) is 3.67. The lowest BCUT2D eigenvalue weighted by molar-refractivity contribution is 0.427. The standard InChI is InChI=1S/C15H22BrClFN/c1-4-9-19-13(8-5-10(2)3)11-6-7-12(16)14(17)15(11)18/h6-7,10,13,19H,4-5,8-9H2,1-3H3. The maximum Gasteiger partial charge on any atom is 0.147 e. The normalized spacial score (nSPS) is 13.0. The van der Waals surface area contributed by atoms with Gasteiger partial charge in [0.05, 0.1) is 5.02 Å². The van der Waals surface area contributed by atoms with Crippen molar-refractivity contribution in [2.45, 2.75) is 46.1 Å². The molecule has 0 bridgehead atoms. The van der Waals surface area contributed by atoms with E-state index in [1.165, 1.54) is 0 Å². The van der Waals surface area contributed by atoms with Crippen LogP contribution in [-0.4, -0.2) is 6.54 Å². The fourth-order valence-electron chi connectivity index (χ4n) is 2.00. The highest BCUT2D eigenvalue weighted by Crippen LogP contribution is 2.32. The highest BCUT2D eigenvalue weighted by atomic mass is 79.9. The molecule has 0 aliphatic heterocycles. The predicted molar refractivity (Wildman–Crippen MR) is 84.2 cm³/mol. The molecule has 0 saturated carbocycles. The monoisotopic (exact) mass is 349 g/mol. The van der Waals surface area contributed by atoms with Crippen LogP contribution in [0.25, 0.3) is 0 Å². The van der Waals surface area contributed by atoms with E-state index in [9.17, 15) is 4.39 Å². The molecule has 1 nitrogen and oxygen atoms in total. The van der Waals surface area contributed by atoms with Gasteiger partial charge in [0, 0.05) is 16.1 Å². The van der Waals surface area contributed by atoms with Crippen molar-refractivity contribution in [2.75, 3.05) is 6.54 Å². The van der Waals surface area contributed by atoms with E-state index < -0.39 is 0 Å². The van der Waals surface area contributed by atoms with Gasteiger partial charge >= 0.3 is 0 Å². The van der Waals surface area contributed by atoms with Crippen molar-refractivity contribution in [3.63, 3.8) is 0 Å². The van der Waals surface area contributed by atoms with Crippen molar-refractivity contribution in [1.29, 1.82) is 0 Å². The Hall–Kier alpha value is -0.120. The van der Waals surface area contributed by atoms with Gasteiger partial charge in [-0.15, -0.1) is 0 Å². The van der Waals surface area contributed by atoms with Gasteiger partial charge in [-0.25, -0.2) is 4.39 Å². The van der Waals surface area contributed by atoms with Crippen LogP contribution in [0.4, 0.5) is 4.39 Å². The molecule has 19 heavy (non-hydrogen) atoms. The number of rotatable bonds is 7. The summed E-state index contributed by atoms with van der Waals surface area (Å²) in [6.07, 6.45) is 3.02. The molecule has 0 aliphatic rings. The molecule has 0 spiro atoms. The van der Waals surface area contributed by atoms with Crippen molar-refractivity contribution >= 4 is 27.5 Å². The molecule has 1 N–H and O–H groups in total. The molecule has 1 rings (SSSR count). The van der Waals surface area contributed by atoms with E-state index in [0.29, 0.717) is 16.0 Å². The Labute approximate surface area is 129 Å². The minimum absolute atomic E-state index is 0.0351. The van der Waals surface area contributed by atoms with Crippen LogP contribution in [0.15, 0.2) is 16.6 Å². The van der Waals surface area contributed by atoms with Crippen molar-refractivity contribution in [3.8, 4) is 0 Å². The average Bonchev–Trinajstić information content (AvgIpc) is 2.37. The quantitative estimate of drug-likeness (QED) is 0.620. The van der Waals surface area contributed by atoms with Crippen LogP contribution in [-0.2, 0) is 0 Å². The molecule has 108 valence electrons. The van der Waals surface area contributed by atoms with E-state index in [4.69, 9.17) is 11.6 Å². The van der Waals surface area contributed by atoms with Crippen LogP contribution < -0.4 is 5.32 Å². The van der Waals surface area contributed by atoms with Crippen molar-refractivity contribution in [2.24, 2.45) is 5.92 Å². The van der Waals surface area contributed by atoms with Gasteiger partial charge in [-0.05, 0) is 53.7 Å². The number of benzene rings is 1. The summed E-state index contributed by atoms with van der Waals surface area (Å²) in [5.74, 6) is 0.299. The third kappa shape index (κ3) is 5.05. The molecule has 4 heteroatoms. The third-order valence-electron chi connectivity index (χ3n) is 3.11. The van der Waals surface area contributed by atoms with Crippen LogP contribution in [0.2, 0.25) is 5.02 Å². The zero-order chi connectivity index (χ0) is 14.4. The maximum atomic E-state index is 14.3. The van der Waals surface area contributed by atoms with E-state index in [1.807, 2.05) is 12.1 Å². The van der Waals surface area contributed by atoms with Gasteiger partial charge < -0.3 is 5.32 Å². The lowest BCUT2D eigenvalue weighted by Gasteiger charge is -2.21. The molecule has 1 atom stereocenters. The Kier molecular flexibility index (Phi) is 7.33. The second-order valence-corrected chi connectivity index (χ2v) is 6.47. The van der Waals surface area contributed by atoms with Gasteiger partial charge in [0.15, 0.2) is 0 Å². The summed E-state index contributed by atoms with van der Waals surface area (Å²) >= 11 is 9.23. The highest BCUT2D eigenvalue weighted by Gasteiger charge is 2.18. The Morgan fingerprint density at radius 1 is 1.32 bits per heavy atom. The molecular weight excluding hydrogens is 329 g/mol. The van der Waals surface area contributed by atoms with Crippen LogP contribution in [0.5, 0.6) is 0 Å². The van der Waals surface area contributed by atoms with Crippen LogP contribution in [0.3, 0.4) is 0 Å². The van der Waals surface area contributed by atoms with E-state index >= 15 is 0 Å². The average molecular weight is 351 g/mol. The summed E-state index contributed by atoms with van der Waals surface area (Å²) in [7, 11) is 0. The SMILES string of the molecule is CCCNC(CCC(C)C)c1ccc(Br)c(Cl)c1F. The van der Waals surface area contributed by atoms with Gasteiger partial charge in [0.2, 0.25) is 0 Å². The molecule has 0 aromatic heterocycles. The number of halogens is 3. The summed E-state index contributed by atoms with van der Waals surface area (Å²) < 4.78 is 14.9. The largest absolute Gasteiger partial charge is 0.310 e. The minimum atomic E-state index is -0.312. The van der Waals surface area contributed by atoms with Crippen molar-refractivity contribution in [3.05, 3.63) is 33.0 Å². The molecular formula is C15H22BrClFN. The highest BCUT2D eigenvalue weighted by molar-refractivity contribution is 9.10. The van der Waals surface area contributed by atoms with Crippen LogP contribution in [0.1, 0.15) is 51.6 Å². The molecule has 0 fully saturated rings. The number of hydrogen-bond donors (Lipinski definition) is 1. The molecule has 0 aliphatic carbocycles. The topological polar surface area (TPSA) is 12.0 Å². The van der Waals surface area contributed by atoms with E-state index in [-0.39, 0.29) is 16.9 Å². The smallest absolute Gasteiger partial charge is 0.147 e. The summed E-state index contributed by atoms with van der Waals surface area (Å²) in [6.45, 7) is 7.36. The molecule has 1 aromatic carbocycles. The van der Waals surface area contributed by atoms with E-state index in [0.717, 1.165) is 25.8 Å². The molecule has 1 unspecified atom stereocenters. The van der Waals surface area contributed by atoms with Crippen LogP contribution >= 0.6 is 27.5 Å². The Morgan fingerprint density at radius 2 is 2.00 bits per heavy atom. The summed E-state index contributed by atoms with van der Waals surface area (Å²) in [4.78, 5) is 0. The maximum absolute atomic E-state index is 14.3. The first kappa shape index (κ1) is 16.9. The Bertz CT molecular complexity index is 409. The van der Waals surface area contributed by atoms with E-state index in [2.05, 4.69) is 42.0 Å². The molecule has 1 aromatic rings. The predicted octanol–water partition coefficient (Wildman–Crippen LogP) is 5.72. The minimum Gasteiger partial charge on any atom is -0.310 e. The van der Waals surface area contributed by atoms with Gasteiger partial charge in [-0.2, -0.15) is 0 Å². The lowest BCUT2D eigenvalue weighted by Crippen LogP contribution is -2.23. The van der Waals surface area contributed by atoms with Gasteiger partial charge in [0.1, 0.15) is 5.82 Å². The van der Waals surface area contributed by atoms with Gasteiger partial charge in [-0.3, -0.25) is 0 Å². The van der Waals surface area contributed by atoms with Gasteiger partial charge in [0.25, 0.3) is 0 Å². The number of nitrogens with one attached hydrogen (secondary N) is 1. The zero-order valence-electron chi connectivity index (χ0n) is 11.8. The molecule has 0 radical (unpaired) electrons. The molecule has 0 saturated heterocycles. The summed E-state index contributed by atoms with van der Waals surface area (Å²) in [5.41, 5.74) is 0.669. The second-order valence-electron chi connectivity index (χ2n) is 5.24. The fourth-order valence-corrected chi connectivity index (χ4v) is 2.47. The van der Waals surface area contributed by atoms with Crippen LogP contribution in [0, 0.1) is 11.7 Å². The summed E-state index contributed by atoms with van der Waals surface area (Å²) in [5, 5.41) is 3.59. The first-order valence-corrected chi connectivity index (χ1v) is 8.01. The van der Waals surface area contributed by atoms with E-state index in [1.54, 1.807) is 0 Å². The Balaban J connectivity index is 2.92. The first-order chi connectivity index (χ1) is 8.97. The molecule has 0 heterocycles. The third-order valence-corrected chi connectivity index (χ3v) is 4.37. The van der Waals surface area contributed by atoms with Crippen molar-refractivity contribution in [1.82, 2.24) is 5.32 Å². The zero-order valence-corrected chi connectivity index (χ0v) is 14.1. The number of hydrogen-bond acceptors (Lipinski definition) is 1. The second kappa shape index (κ2) is 8.23. The Morgan fingerprint density at radius 3 is 2.58 bits per heavy atom. The lowest BCUT2D eigenvalue weighted by atomic mass is 9.97.